The van der Waals surface area contributed by atoms with Crippen LogP contribution >= 0.6 is 0 Å². The molecular weight excluding hydrogens is 175 g/mol. The first-order valence-electron chi connectivity index (χ1n) is 3.41. The van der Waals surface area contributed by atoms with Crippen molar-refractivity contribution in [3.05, 3.63) is 29.9 Å². The zero-order chi connectivity index (χ0) is 9.84. The number of pyridine rings is 1. The number of nitrogens with two attached hydrogens (primary N) is 1. The molecule has 0 amide bonds. The third-order valence-electron chi connectivity index (χ3n) is 1.30. The Balaban J connectivity index is 2.96. The average molecular weight is 182 g/mol. The predicted molar refractivity (Wildman–Crippen MR) is 45.3 cm³/mol. The van der Waals surface area contributed by atoms with E-state index in [4.69, 9.17) is 10.8 Å². The van der Waals surface area contributed by atoms with Crippen molar-refractivity contribution in [3.8, 4) is 0 Å². The highest BCUT2D eigenvalue weighted by Gasteiger charge is 1.98. The molecule has 0 aliphatic rings. The summed E-state index contributed by atoms with van der Waals surface area (Å²) in [5, 5.41) is 8.29. The van der Waals surface area contributed by atoms with E-state index in [1.165, 1.54) is 6.08 Å². The first kappa shape index (κ1) is 9.18. The van der Waals surface area contributed by atoms with Crippen molar-refractivity contribution in [2.45, 2.75) is 0 Å². The average Bonchev–Trinajstić information content (AvgIpc) is 2.02. The molecular formula is C8H7FN2O2. The van der Waals surface area contributed by atoms with E-state index in [0.29, 0.717) is 0 Å². The van der Waals surface area contributed by atoms with E-state index in [1.54, 1.807) is 0 Å². The lowest BCUT2D eigenvalue weighted by Crippen LogP contribution is -1.95. The summed E-state index contributed by atoms with van der Waals surface area (Å²) in [6, 6.07) is 1.08. The van der Waals surface area contributed by atoms with Gasteiger partial charge in [0.1, 0.15) is 5.82 Å². The standard InChI is InChI=1S/C8H7FN2O2/c9-5-3-6(10)7(11-4-5)1-2-8(12)13/h1-4H,10H2,(H,12,13). The first-order chi connectivity index (χ1) is 6.09. The van der Waals surface area contributed by atoms with Crippen LogP contribution in [0.25, 0.3) is 6.08 Å². The summed E-state index contributed by atoms with van der Waals surface area (Å²) in [7, 11) is 0. The van der Waals surface area contributed by atoms with Gasteiger partial charge in [-0.3, -0.25) is 4.98 Å². The summed E-state index contributed by atoms with van der Waals surface area (Å²) in [5.74, 6) is -1.66. The van der Waals surface area contributed by atoms with E-state index < -0.39 is 11.8 Å². The summed E-state index contributed by atoms with van der Waals surface area (Å²) in [6.07, 6.45) is 3.06. The van der Waals surface area contributed by atoms with Crippen molar-refractivity contribution in [2.24, 2.45) is 0 Å². The number of carbonyl (C=O) groups is 1. The molecule has 0 aliphatic heterocycles. The number of nitrogen functional groups attached to an aromatic ring is 1. The fourth-order valence-corrected chi connectivity index (χ4v) is 0.755. The normalized spacial score (nSPS) is 10.5. The summed E-state index contributed by atoms with van der Waals surface area (Å²) >= 11 is 0. The van der Waals surface area contributed by atoms with Crippen LogP contribution in [0.3, 0.4) is 0 Å². The van der Waals surface area contributed by atoms with E-state index in [2.05, 4.69) is 4.98 Å². The molecule has 13 heavy (non-hydrogen) atoms. The minimum Gasteiger partial charge on any atom is -0.478 e. The van der Waals surface area contributed by atoms with Crippen LogP contribution in [0.15, 0.2) is 18.3 Å². The van der Waals surface area contributed by atoms with E-state index in [9.17, 15) is 9.18 Å². The van der Waals surface area contributed by atoms with Crippen LogP contribution in [-0.2, 0) is 4.79 Å². The Kier molecular flexibility index (Phi) is 2.59. The molecule has 0 saturated heterocycles. The van der Waals surface area contributed by atoms with Gasteiger partial charge in [-0.1, -0.05) is 0 Å². The van der Waals surface area contributed by atoms with Crippen LogP contribution in [-0.4, -0.2) is 16.1 Å². The van der Waals surface area contributed by atoms with Gasteiger partial charge in [-0.25, -0.2) is 9.18 Å². The number of carboxylic acids is 1. The van der Waals surface area contributed by atoms with Crippen molar-refractivity contribution in [2.75, 3.05) is 5.73 Å². The topological polar surface area (TPSA) is 76.2 Å². The van der Waals surface area contributed by atoms with Gasteiger partial charge < -0.3 is 10.8 Å². The molecule has 5 heteroatoms. The first-order valence-corrected chi connectivity index (χ1v) is 3.41. The van der Waals surface area contributed by atoms with Gasteiger partial charge in [0.05, 0.1) is 17.6 Å². The molecule has 1 aromatic heterocycles. The summed E-state index contributed by atoms with van der Waals surface area (Å²) in [5.41, 5.74) is 5.71. The van der Waals surface area contributed by atoms with Crippen LogP contribution in [0.4, 0.5) is 10.1 Å². The minimum atomic E-state index is -1.11. The van der Waals surface area contributed by atoms with Gasteiger partial charge >= 0.3 is 5.97 Å². The molecule has 3 N–H and O–H groups in total. The number of carboxylic acid groups (broad SMARTS) is 1. The Morgan fingerprint density at radius 2 is 2.38 bits per heavy atom. The molecule has 0 unspecified atom stereocenters. The SMILES string of the molecule is Nc1cc(F)cnc1C=CC(=O)O. The molecule has 0 aliphatic carbocycles. The maximum absolute atomic E-state index is 12.5. The Labute approximate surface area is 73.5 Å². The van der Waals surface area contributed by atoms with E-state index in [-0.39, 0.29) is 11.4 Å². The lowest BCUT2D eigenvalue weighted by molar-refractivity contribution is -0.131. The van der Waals surface area contributed by atoms with Crippen LogP contribution < -0.4 is 5.73 Å². The second kappa shape index (κ2) is 3.66. The van der Waals surface area contributed by atoms with Gasteiger partial charge in [-0.05, 0) is 6.08 Å². The molecule has 1 aromatic rings. The number of hydrogen-bond acceptors (Lipinski definition) is 3. The van der Waals surface area contributed by atoms with Gasteiger partial charge in [-0.2, -0.15) is 0 Å². The van der Waals surface area contributed by atoms with Crippen molar-refractivity contribution in [1.82, 2.24) is 4.98 Å². The Morgan fingerprint density at radius 1 is 1.69 bits per heavy atom. The molecule has 0 aromatic carbocycles. The molecule has 4 nitrogen and oxygen atoms in total. The zero-order valence-corrected chi connectivity index (χ0v) is 6.57. The molecule has 68 valence electrons. The summed E-state index contributed by atoms with van der Waals surface area (Å²) < 4.78 is 12.5. The van der Waals surface area contributed by atoms with E-state index >= 15 is 0 Å². The van der Waals surface area contributed by atoms with Crippen molar-refractivity contribution >= 4 is 17.7 Å². The summed E-state index contributed by atoms with van der Waals surface area (Å²) in [6.45, 7) is 0. The maximum Gasteiger partial charge on any atom is 0.328 e. The third-order valence-corrected chi connectivity index (χ3v) is 1.30. The van der Waals surface area contributed by atoms with E-state index in [0.717, 1.165) is 18.3 Å². The number of nitrogens with zero attached hydrogens (tertiary/aromatic N) is 1. The smallest absolute Gasteiger partial charge is 0.328 e. The maximum atomic E-state index is 12.5. The number of rotatable bonds is 2. The Hall–Kier alpha value is -1.91. The second-order valence-electron chi connectivity index (χ2n) is 2.30. The molecule has 0 saturated carbocycles. The number of anilines is 1. The lowest BCUT2D eigenvalue weighted by atomic mass is 10.3. The van der Waals surface area contributed by atoms with Gasteiger partial charge in [0, 0.05) is 12.1 Å². The highest BCUT2D eigenvalue weighted by Crippen LogP contribution is 2.11. The number of hydrogen-bond donors (Lipinski definition) is 2. The molecule has 1 rings (SSSR count). The number of aliphatic carboxylic acids is 1. The lowest BCUT2D eigenvalue weighted by Gasteiger charge is -1.97. The highest BCUT2D eigenvalue weighted by atomic mass is 19.1. The Bertz CT molecular complexity index is 363. The second-order valence-corrected chi connectivity index (χ2v) is 2.30. The van der Waals surface area contributed by atoms with Crippen LogP contribution in [0.1, 0.15) is 5.69 Å². The van der Waals surface area contributed by atoms with Crippen LogP contribution in [0.2, 0.25) is 0 Å². The fourth-order valence-electron chi connectivity index (χ4n) is 0.755. The quantitative estimate of drug-likeness (QED) is 0.666. The van der Waals surface area contributed by atoms with Crippen molar-refractivity contribution < 1.29 is 14.3 Å². The molecule has 1 heterocycles. The molecule has 0 spiro atoms. The van der Waals surface area contributed by atoms with Crippen LogP contribution in [0.5, 0.6) is 0 Å². The number of aromatic nitrogens is 1. The predicted octanol–water partition coefficient (Wildman–Crippen LogP) is 0.901. The van der Waals surface area contributed by atoms with Gasteiger partial charge in [0.15, 0.2) is 0 Å². The van der Waals surface area contributed by atoms with E-state index in [1.807, 2.05) is 0 Å². The molecule has 0 fully saturated rings. The van der Waals surface area contributed by atoms with Gasteiger partial charge in [0.25, 0.3) is 0 Å². The highest BCUT2D eigenvalue weighted by molar-refractivity contribution is 5.85. The van der Waals surface area contributed by atoms with Crippen molar-refractivity contribution in [3.63, 3.8) is 0 Å². The largest absolute Gasteiger partial charge is 0.478 e. The van der Waals surface area contributed by atoms with Gasteiger partial charge in [-0.15, -0.1) is 0 Å². The monoisotopic (exact) mass is 182 g/mol. The summed E-state index contributed by atoms with van der Waals surface area (Å²) in [4.78, 5) is 13.7. The third kappa shape index (κ3) is 2.55. The number of halogens is 1. The van der Waals surface area contributed by atoms with Gasteiger partial charge in [0.2, 0.25) is 0 Å². The fraction of sp³-hybridized carbons (Fsp3) is 0. The Morgan fingerprint density at radius 3 is 2.92 bits per heavy atom. The van der Waals surface area contributed by atoms with Crippen molar-refractivity contribution in [1.29, 1.82) is 0 Å². The zero-order valence-electron chi connectivity index (χ0n) is 6.57. The minimum absolute atomic E-state index is 0.109. The molecule has 0 bridgehead atoms. The van der Waals surface area contributed by atoms with Crippen LogP contribution in [0, 0.1) is 5.82 Å². The molecule has 0 radical (unpaired) electrons. The molecule has 0 atom stereocenters.